The van der Waals surface area contributed by atoms with Crippen LogP contribution in [-0.4, -0.2) is 63.2 Å². The first-order chi connectivity index (χ1) is 14.8. The number of carbonyl (C=O) groups is 1. The molecule has 0 spiro atoms. The molecule has 0 saturated carbocycles. The van der Waals surface area contributed by atoms with E-state index in [1.165, 1.54) is 18.2 Å². The molecule has 2 aromatic rings. The molecular weight excluding hydrogens is 419 g/mol. The molecule has 1 N–H and O–H groups in total. The van der Waals surface area contributed by atoms with Crippen LogP contribution in [0.1, 0.15) is 30.0 Å². The maximum absolute atomic E-state index is 13.7. The second-order valence-corrected chi connectivity index (χ2v) is 9.59. The third-order valence-corrected chi connectivity index (χ3v) is 7.09. The number of amidine groups is 1. The Morgan fingerprint density at radius 1 is 1.26 bits per heavy atom. The van der Waals surface area contributed by atoms with Crippen LogP contribution in [0.3, 0.4) is 0 Å². The van der Waals surface area contributed by atoms with Crippen LogP contribution in [-0.2, 0) is 14.8 Å². The maximum Gasteiger partial charge on any atom is 0.285 e. The molecule has 2 atom stereocenters. The van der Waals surface area contributed by atoms with Crippen molar-refractivity contribution in [2.45, 2.75) is 29.8 Å². The Labute approximate surface area is 181 Å². The molecule has 4 rings (SSSR count). The molecule has 2 aromatic carbocycles. The Morgan fingerprint density at radius 3 is 2.77 bits per heavy atom. The second-order valence-electron chi connectivity index (χ2n) is 8.02. The van der Waals surface area contributed by atoms with Gasteiger partial charge in [0.2, 0.25) is 5.91 Å². The van der Waals surface area contributed by atoms with Gasteiger partial charge in [0.1, 0.15) is 16.8 Å². The number of likely N-dealkylation sites (tertiary alicyclic amines) is 1. The zero-order valence-corrected chi connectivity index (χ0v) is 18.3. The first-order valence-electron chi connectivity index (χ1n) is 10.2. The summed E-state index contributed by atoms with van der Waals surface area (Å²) in [5.41, 5.74) is 1.31. The molecule has 0 radical (unpaired) electrons. The van der Waals surface area contributed by atoms with E-state index >= 15 is 0 Å². The molecule has 2 aliphatic heterocycles. The molecule has 1 amide bonds. The van der Waals surface area contributed by atoms with Crippen LogP contribution in [0.15, 0.2) is 57.8 Å². The predicted molar refractivity (Wildman–Crippen MR) is 116 cm³/mol. The third kappa shape index (κ3) is 4.20. The lowest BCUT2D eigenvalue weighted by Crippen LogP contribution is -2.47. The number of halogens is 1. The number of amides is 1. The summed E-state index contributed by atoms with van der Waals surface area (Å²) >= 11 is 0. The van der Waals surface area contributed by atoms with Crippen LogP contribution in [0, 0.1) is 5.82 Å². The number of carbonyl (C=O) groups excluding carboxylic acids is 1. The number of rotatable bonds is 5. The first kappa shape index (κ1) is 21.5. The molecule has 1 fully saturated rings. The summed E-state index contributed by atoms with van der Waals surface area (Å²) in [5, 5.41) is 2.97. The van der Waals surface area contributed by atoms with Gasteiger partial charge >= 0.3 is 0 Å². The minimum absolute atomic E-state index is 0.176. The van der Waals surface area contributed by atoms with Gasteiger partial charge in [-0.3, -0.25) is 4.79 Å². The highest BCUT2D eigenvalue weighted by atomic mass is 32.2. The number of sulfonamides is 1. The fraction of sp³-hybridized carbons (Fsp3) is 0.364. The number of nitrogens with zero attached hydrogens (tertiary/aromatic N) is 3. The van der Waals surface area contributed by atoms with Crippen molar-refractivity contribution in [3.63, 3.8) is 0 Å². The summed E-state index contributed by atoms with van der Waals surface area (Å²) in [7, 11) is 0.00133. The van der Waals surface area contributed by atoms with Crippen LogP contribution < -0.4 is 5.32 Å². The number of fused-ring (bicyclic) bond motifs is 1. The molecule has 164 valence electrons. The van der Waals surface area contributed by atoms with Gasteiger partial charge in [-0.2, -0.15) is 8.42 Å². The van der Waals surface area contributed by atoms with Crippen molar-refractivity contribution in [1.29, 1.82) is 0 Å². The van der Waals surface area contributed by atoms with Gasteiger partial charge in [0.25, 0.3) is 10.0 Å². The summed E-state index contributed by atoms with van der Waals surface area (Å²) in [6.45, 7) is 0.864. The monoisotopic (exact) mass is 444 g/mol. The lowest BCUT2D eigenvalue weighted by molar-refractivity contribution is -0.124. The Morgan fingerprint density at radius 2 is 2.03 bits per heavy atom. The predicted octanol–water partition coefficient (Wildman–Crippen LogP) is 2.16. The molecule has 2 heterocycles. The summed E-state index contributed by atoms with van der Waals surface area (Å²) in [5.74, 6) is -0.176. The molecule has 0 aromatic heterocycles. The van der Waals surface area contributed by atoms with E-state index in [-0.39, 0.29) is 22.7 Å². The Kier molecular flexibility index (Phi) is 5.81. The molecular formula is C22H25FN4O3S. The molecule has 0 bridgehead atoms. The van der Waals surface area contributed by atoms with Crippen molar-refractivity contribution in [1.82, 2.24) is 15.1 Å². The second kappa shape index (κ2) is 8.39. The Hall–Kier alpha value is -2.78. The number of benzene rings is 2. The van der Waals surface area contributed by atoms with Crippen molar-refractivity contribution < 1.29 is 17.6 Å². The normalized spacial score (nSPS) is 20.5. The SMILES string of the molecule is CN(C)C(CNC(=O)[C@@H]1CCCN1C1=NS(=O)(=O)c2ccccc21)c1cccc(F)c1. The third-order valence-electron chi connectivity index (χ3n) is 5.77. The van der Waals surface area contributed by atoms with Crippen molar-refractivity contribution >= 4 is 21.8 Å². The maximum atomic E-state index is 13.7. The molecule has 1 unspecified atom stereocenters. The lowest BCUT2D eigenvalue weighted by Gasteiger charge is -2.28. The van der Waals surface area contributed by atoms with Gasteiger partial charge in [-0.05, 0) is 56.8 Å². The van der Waals surface area contributed by atoms with Crippen molar-refractivity contribution in [3.05, 3.63) is 65.5 Å². The first-order valence-corrected chi connectivity index (χ1v) is 11.6. The molecule has 0 aliphatic carbocycles. The summed E-state index contributed by atoms with van der Waals surface area (Å²) in [6.07, 6.45) is 1.37. The van der Waals surface area contributed by atoms with Crippen LogP contribution >= 0.6 is 0 Å². The van der Waals surface area contributed by atoms with Gasteiger partial charge in [0, 0.05) is 18.7 Å². The number of nitrogens with one attached hydrogen (secondary N) is 1. The smallest absolute Gasteiger partial charge is 0.285 e. The average molecular weight is 445 g/mol. The van der Waals surface area contributed by atoms with E-state index in [9.17, 15) is 17.6 Å². The highest BCUT2D eigenvalue weighted by Crippen LogP contribution is 2.31. The molecule has 1 saturated heterocycles. The van der Waals surface area contributed by atoms with Crippen molar-refractivity contribution in [2.75, 3.05) is 27.2 Å². The van der Waals surface area contributed by atoms with E-state index in [0.29, 0.717) is 30.9 Å². The minimum Gasteiger partial charge on any atom is -0.352 e. The van der Waals surface area contributed by atoms with E-state index in [1.807, 2.05) is 25.1 Å². The molecule has 9 heteroatoms. The van der Waals surface area contributed by atoms with E-state index < -0.39 is 16.1 Å². The average Bonchev–Trinajstić information content (AvgIpc) is 3.31. The number of hydrogen-bond acceptors (Lipinski definition) is 5. The molecule has 7 nitrogen and oxygen atoms in total. The Balaban J connectivity index is 1.51. The van der Waals surface area contributed by atoms with Gasteiger partial charge < -0.3 is 15.1 Å². The Bertz CT molecular complexity index is 1130. The zero-order valence-electron chi connectivity index (χ0n) is 17.5. The van der Waals surface area contributed by atoms with E-state index in [2.05, 4.69) is 9.71 Å². The zero-order chi connectivity index (χ0) is 22.2. The quantitative estimate of drug-likeness (QED) is 0.764. The largest absolute Gasteiger partial charge is 0.352 e. The standard InChI is InChI=1S/C22H25FN4O3S/c1-26(2)19(15-7-5-8-16(23)13-15)14-24-22(28)18-10-6-12-27(18)21-17-9-3-4-11-20(17)31(29,30)25-21/h3-5,7-9,11,13,18-19H,6,10,12,14H2,1-2H3,(H,24,28)/t18-,19?/m0/s1. The van der Waals surface area contributed by atoms with Gasteiger partial charge in [-0.25, -0.2) is 4.39 Å². The number of likely N-dealkylation sites (N-methyl/N-ethyl adjacent to an activating group) is 1. The highest BCUT2D eigenvalue weighted by molar-refractivity contribution is 7.90. The fourth-order valence-corrected chi connectivity index (χ4v) is 5.43. The van der Waals surface area contributed by atoms with Gasteiger partial charge in [-0.15, -0.1) is 4.40 Å². The minimum atomic E-state index is -3.75. The molecule has 31 heavy (non-hydrogen) atoms. The summed E-state index contributed by atoms with van der Waals surface area (Å²) < 4.78 is 42.5. The highest BCUT2D eigenvalue weighted by Gasteiger charge is 2.39. The fourth-order valence-electron chi connectivity index (χ4n) is 4.22. The molecule has 2 aliphatic rings. The van der Waals surface area contributed by atoms with Crippen LogP contribution in [0.4, 0.5) is 4.39 Å². The van der Waals surface area contributed by atoms with Crippen LogP contribution in [0.5, 0.6) is 0 Å². The van der Waals surface area contributed by atoms with Crippen LogP contribution in [0.2, 0.25) is 0 Å². The topological polar surface area (TPSA) is 82.1 Å². The van der Waals surface area contributed by atoms with Gasteiger partial charge in [-0.1, -0.05) is 24.3 Å². The van der Waals surface area contributed by atoms with E-state index in [4.69, 9.17) is 0 Å². The van der Waals surface area contributed by atoms with Crippen molar-refractivity contribution in [2.24, 2.45) is 4.40 Å². The van der Waals surface area contributed by atoms with E-state index in [0.717, 1.165) is 12.0 Å². The van der Waals surface area contributed by atoms with E-state index in [1.54, 1.807) is 29.2 Å². The summed E-state index contributed by atoms with van der Waals surface area (Å²) in [4.78, 5) is 16.9. The van der Waals surface area contributed by atoms with Crippen LogP contribution in [0.25, 0.3) is 0 Å². The lowest BCUT2D eigenvalue weighted by atomic mass is 10.1. The van der Waals surface area contributed by atoms with Gasteiger partial charge in [0.05, 0.1) is 6.04 Å². The summed E-state index contributed by atoms with van der Waals surface area (Å²) in [6, 6.07) is 12.3. The van der Waals surface area contributed by atoms with Gasteiger partial charge in [0.15, 0.2) is 5.84 Å². The number of hydrogen-bond donors (Lipinski definition) is 1. The van der Waals surface area contributed by atoms with Crippen molar-refractivity contribution in [3.8, 4) is 0 Å².